The zero-order chi connectivity index (χ0) is 13.7. The van der Waals surface area contributed by atoms with Gasteiger partial charge >= 0.3 is 0 Å². The van der Waals surface area contributed by atoms with Crippen LogP contribution < -0.4 is 16.8 Å². The number of aromatic nitrogens is 2. The van der Waals surface area contributed by atoms with Gasteiger partial charge in [0.1, 0.15) is 6.33 Å². The molecule has 0 aromatic carbocycles. The SMILES string of the molecule is [B]C(=O)n1cnc(CC(N)C(=O)NCC(N)=O)c1. The quantitative estimate of drug-likeness (QED) is 0.495. The smallest absolute Gasteiger partial charge is 0.237 e. The van der Waals surface area contributed by atoms with Crippen LogP contribution in [0.3, 0.4) is 0 Å². The predicted octanol–water partition coefficient (Wildman–Crippen LogP) is -2.51. The lowest BCUT2D eigenvalue weighted by molar-refractivity contribution is -0.125. The first-order chi connectivity index (χ1) is 8.40. The molecule has 0 spiro atoms. The van der Waals surface area contributed by atoms with Crippen molar-refractivity contribution in [2.45, 2.75) is 12.5 Å². The molecule has 2 amide bonds. The molecule has 0 aliphatic heterocycles. The minimum atomic E-state index is -0.888. The average Bonchev–Trinajstić information content (AvgIpc) is 2.74. The summed E-state index contributed by atoms with van der Waals surface area (Å²) in [4.78, 5) is 36.5. The highest BCUT2D eigenvalue weighted by molar-refractivity contribution is 6.57. The number of nitrogens with zero attached hydrogens (tertiary/aromatic N) is 2. The van der Waals surface area contributed by atoms with Crippen LogP contribution in [0.25, 0.3) is 0 Å². The van der Waals surface area contributed by atoms with Crippen LogP contribution in [0, 0.1) is 0 Å². The van der Waals surface area contributed by atoms with Gasteiger partial charge in [-0.05, 0) is 0 Å². The summed E-state index contributed by atoms with van der Waals surface area (Å²) in [7, 11) is 5.02. The van der Waals surface area contributed by atoms with Crippen LogP contribution in [0.5, 0.6) is 0 Å². The molecule has 2 radical (unpaired) electrons. The Balaban J connectivity index is 2.52. The lowest BCUT2D eigenvalue weighted by Crippen LogP contribution is -2.45. The van der Waals surface area contributed by atoms with Gasteiger partial charge in [-0.1, -0.05) is 0 Å². The zero-order valence-corrected chi connectivity index (χ0v) is 9.50. The van der Waals surface area contributed by atoms with E-state index in [1.54, 1.807) is 0 Å². The van der Waals surface area contributed by atoms with E-state index >= 15 is 0 Å². The fourth-order valence-corrected chi connectivity index (χ4v) is 1.21. The lowest BCUT2D eigenvalue weighted by atomic mass is 10.1. The van der Waals surface area contributed by atoms with E-state index in [4.69, 9.17) is 19.3 Å². The summed E-state index contributed by atoms with van der Waals surface area (Å²) < 4.78 is 1.07. The first-order valence-electron chi connectivity index (χ1n) is 5.04. The van der Waals surface area contributed by atoms with Crippen molar-refractivity contribution in [2.75, 3.05) is 6.54 Å². The monoisotopic (exact) mass is 249 g/mol. The summed E-state index contributed by atoms with van der Waals surface area (Å²) in [6.07, 6.45) is 2.72. The molecular weight excluding hydrogens is 237 g/mol. The molecule has 0 saturated carbocycles. The van der Waals surface area contributed by atoms with E-state index in [1.807, 2.05) is 0 Å². The molecular formula is C9H12BN5O3. The van der Waals surface area contributed by atoms with E-state index in [2.05, 4.69) is 10.3 Å². The molecule has 0 fully saturated rings. The maximum absolute atomic E-state index is 11.4. The Morgan fingerprint density at radius 1 is 1.50 bits per heavy atom. The Morgan fingerprint density at radius 3 is 2.67 bits per heavy atom. The third-order valence-electron chi connectivity index (χ3n) is 2.09. The molecule has 1 rings (SSSR count). The highest BCUT2D eigenvalue weighted by atomic mass is 16.2. The van der Waals surface area contributed by atoms with Crippen molar-refractivity contribution in [3.8, 4) is 0 Å². The van der Waals surface area contributed by atoms with E-state index in [1.165, 1.54) is 12.5 Å². The van der Waals surface area contributed by atoms with Crippen LogP contribution in [0.2, 0.25) is 0 Å². The molecule has 1 heterocycles. The van der Waals surface area contributed by atoms with E-state index in [0.717, 1.165) is 4.57 Å². The third kappa shape index (κ3) is 4.02. The van der Waals surface area contributed by atoms with Gasteiger partial charge in [0.05, 0.1) is 18.3 Å². The number of amides is 2. The van der Waals surface area contributed by atoms with E-state index in [-0.39, 0.29) is 13.0 Å². The lowest BCUT2D eigenvalue weighted by Gasteiger charge is -2.09. The number of hydrogen-bond acceptors (Lipinski definition) is 5. The molecule has 0 bridgehead atoms. The number of imidazole rings is 1. The van der Waals surface area contributed by atoms with Crippen molar-refractivity contribution >= 4 is 25.5 Å². The summed E-state index contributed by atoms with van der Waals surface area (Å²) in [6, 6.07) is -0.888. The number of carbonyl (C=O) groups is 3. The largest absolute Gasteiger partial charge is 0.368 e. The molecule has 0 aliphatic carbocycles. The standard InChI is InChI=1S/C9H12BN5O3/c10-9(18)15-3-5(14-4-15)1-6(11)8(17)13-2-7(12)16/h3-4,6H,1-2,11H2,(H2,12,16)(H,13,17). The minimum Gasteiger partial charge on any atom is -0.368 e. The third-order valence-corrected chi connectivity index (χ3v) is 2.09. The van der Waals surface area contributed by atoms with Gasteiger partial charge in [0, 0.05) is 12.6 Å². The molecule has 94 valence electrons. The van der Waals surface area contributed by atoms with Crippen molar-refractivity contribution in [3.63, 3.8) is 0 Å². The summed E-state index contributed by atoms with van der Waals surface area (Å²) in [5, 5.41) is 2.27. The van der Waals surface area contributed by atoms with Gasteiger partial charge in [-0.2, -0.15) is 0 Å². The second-order valence-corrected chi connectivity index (χ2v) is 3.61. The van der Waals surface area contributed by atoms with Gasteiger partial charge in [-0.15, -0.1) is 0 Å². The number of nitrogens with one attached hydrogen (secondary N) is 1. The molecule has 1 aromatic rings. The number of nitrogens with two attached hydrogens (primary N) is 2. The van der Waals surface area contributed by atoms with Crippen molar-refractivity contribution in [3.05, 3.63) is 18.2 Å². The summed E-state index contributed by atoms with van der Waals surface area (Å²) in [5.74, 6) is -1.86. The summed E-state index contributed by atoms with van der Waals surface area (Å²) >= 11 is 0. The van der Waals surface area contributed by atoms with Crippen molar-refractivity contribution in [1.29, 1.82) is 0 Å². The summed E-state index contributed by atoms with van der Waals surface area (Å²) in [6.45, 7) is -0.276. The number of rotatable bonds is 5. The highest BCUT2D eigenvalue weighted by Crippen LogP contribution is 1.99. The second-order valence-electron chi connectivity index (χ2n) is 3.61. The topological polar surface area (TPSA) is 133 Å². The van der Waals surface area contributed by atoms with Crippen LogP contribution in [-0.2, 0) is 16.0 Å². The normalized spacial score (nSPS) is 11.8. The van der Waals surface area contributed by atoms with Crippen LogP contribution in [-0.4, -0.2) is 47.6 Å². The molecule has 0 saturated heterocycles. The zero-order valence-electron chi connectivity index (χ0n) is 9.50. The van der Waals surface area contributed by atoms with E-state index in [0.29, 0.717) is 5.69 Å². The Hall–Kier alpha value is -2.16. The molecule has 1 aromatic heterocycles. The van der Waals surface area contributed by atoms with E-state index < -0.39 is 23.7 Å². The van der Waals surface area contributed by atoms with Crippen LogP contribution in [0.1, 0.15) is 5.69 Å². The average molecular weight is 249 g/mol. The first kappa shape index (κ1) is 13.9. The highest BCUT2D eigenvalue weighted by Gasteiger charge is 2.16. The number of primary amides is 1. The summed E-state index contributed by atoms with van der Waals surface area (Å²) in [5.41, 5.74) is 10.9. The minimum absolute atomic E-state index is 0.116. The number of hydrogen-bond donors (Lipinski definition) is 3. The van der Waals surface area contributed by atoms with Crippen LogP contribution >= 0.6 is 0 Å². The van der Waals surface area contributed by atoms with Gasteiger partial charge in [0.25, 0.3) is 0 Å². The molecule has 0 aliphatic rings. The maximum atomic E-state index is 11.4. The molecule has 9 heteroatoms. The Morgan fingerprint density at radius 2 is 2.17 bits per heavy atom. The fourth-order valence-electron chi connectivity index (χ4n) is 1.21. The molecule has 8 nitrogen and oxygen atoms in total. The Bertz CT molecular complexity index is 473. The molecule has 1 unspecified atom stereocenters. The van der Waals surface area contributed by atoms with Crippen LogP contribution in [0.4, 0.5) is 4.79 Å². The van der Waals surface area contributed by atoms with Crippen LogP contribution in [0.15, 0.2) is 12.5 Å². The molecule has 1 atom stereocenters. The fraction of sp³-hybridized carbons (Fsp3) is 0.333. The van der Waals surface area contributed by atoms with Crippen molar-refractivity contribution < 1.29 is 14.4 Å². The van der Waals surface area contributed by atoms with E-state index in [9.17, 15) is 14.4 Å². The van der Waals surface area contributed by atoms with Crippen molar-refractivity contribution in [2.24, 2.45) is 11.5 Å². The van der Waals surface area contributed by atoms with Crippen molar-refractivity contribution in [1.82, 2.24) is 14.9 Å². The van der Waals surface area contributed by atoms with Gasteiger partial charge < -0.3 is 16.8 Å². The Kier molecular flexibility index (Phi) is 4.61. The van der Waals surface area contributed by atoms with Gasteiger partial charge in [0.15, 0.2) is 5.81 Å². The van der Waals surface area contributed by atoms with Gasteiger partial charge in [-0.25, -0.2) is 4.98 Å². The first-order valence-corrected chi connectivity index (χ1v) is 5.04. The maximum Gasteiger partial charge on any atom is 0.237 e. The predicted molar refractivity (Wildman–Crippen MR) is 62.7 cm³/mol. The van der Waals surface area contributed by atoms with Gasteiger partial charge in [-0.3, -0.25) is 19.0 Å². The second kappa shape index (κ2) is 5.96. The van der Waals surface area contributed by atoms with Gasteiger partial charge in [0.2, 0.25) is 19.7 Å². The molecule has 18 heavy (non-hydrogen) atoms. The molecule has 5 N–H and O–H groups in total. The number of carbonyl (C=O) groups excluding carboxylic acids is 3. The Labute approximate surface area is 104 Å².